The molecule has 0 saturated carbocycles. The summed E-state index contributed by atoms with van der Waals surface area (Å²) >= 11 is 0. The normalized spacial score (nSPS) is 15.1. The summed E-state index contributed by atoms with van der Waals surface area (Å²) in [5.41, 5.74) is 1.84. The van der Waals surface area contributed by atoms with E-state index in [9.17, 15) is 18.0 Å². The Labute approximate surface area is 160 Å². The summed E-state index contributed by atoms with van der Waals surface area (Å²) in [7, 11) is -3.54. The van der Waals surface area contributed by atoms with Crippen molar-refractivity contribution in [2.45, 2.75) is 20.4 Å². The van der Waals surface area contributed by atoms with Crippen molar-refractivity contribution in [3.8, 4) is 0 Å². The summed E-state index contributed by atoms with van der Waals surface area (Å²) in [5, 5.41) is 0. The van der Waals surface area contributed by atoms with Crippen molar-refractivity contribution >= 4 is 22.0 Å². The summed E-state index contributed by atoms with van der Waals surface area (Å²) in [6.45, 7) is 5.37. The Hall–Kier alpha value is -2.13. The molecule has 1 aromatic rings. The van der Waals surface area contributed by atoms with Gasteiger partial charge in [0.1, 0.15) is 0 Å². The molecule has 0 unspecified atom stereocenters. The number of aryl methyl sites for hydroxylation is 1. The number of carbonyl (C=O) groups excluding carboxylic acids is 2. The van der Waals surface area contributed by atoms with Gasteiger partial charge in [-0.05, 0) is 25.0 Å². The Bertz CT molecular complexity index is 773. The van der Waals surface area contributed by atoms with Crippen LogP contribution in [0.1, 0.15) is 18.1 Å². The van der Waals surface area contributed by atoms with E-state index in [1.807, 2.05) is 31.2 Å². The quantitative estimate of drug-likeness (QED) is 0.716. The molecule has 0 aromatic heterocycles. The van der Waals surface area contributed by atoms with Crippen molar-refractivity contribution in [1.82, 2.24) is 14.1 Å². The van der Waals surface area contributed by atoms with Crippen LogP contribution in [0, 0.1) is 6.92 Å². The van der Waals surface area contributed by atoms with E-state index in [0.29, 0.717) is 32.8 Å². The van der Waals surface area contributed by atoms with E-state index in [-0.39, 0.29) is 25.1 Å². The third-order valence-electron chi connectivity index (χ3n) is 4.55. The van der Waals surface area contributed by atoms with Gasteiger partial charge in [-0.15, -0.1) is 0 Å². The van der Waals surface area contributed by atoms with Crippen LogP contribution in [0.4, 0.5) is 4.79 Å². The third kappa shape index (κ3) is 5.93. The van der Waals surface area contributed by atoms with Crippen molar-refractivity contribution in [3.05, 3.63) is 35.4 Å². The lowest BCUT2D eigenvalue weighted by atomic mass is 10.1. The minimum atomic E-state index is -3.54. The Morgan fingerprint density at radius 3 is 2.26 bits per heavy atom. The van der Waals surface area contributed by atoms with Crippen LogP contribution in [0.2, 0.25) is 0 Å². The second-order valence-corrected chi connectivity index (χ2v) is 8.51. The molecule has 1 aliphatic rings. The van der Waals surface area contributed by atoms with E-state index in [1.54, 1.807) is 16.7 Å². The van der Waals surface area contributed by atoms with E-state index >= 15 is 0 Å². The van der Waals surface area contributed by atoms with Gasteiger partial charge in [0.2, 0.25) is 15.9 Å². The number of hydrogen-bond donors (Lipinski definition) is 0. The fraction of sp³-hybridized carbons (Fsp3) is 0.556. The van der Waals surface area contributed by atoms with Crippen LogP contribution in [-0.4, -0.2) is 80.1 Å². The second-order valence-electron chi connectivity index (χ2n) is 6.52. The standard InChI is InChI=1S/C18H27N3O5S/c1-4-26-18(23)20-11-9-19(10-12-20)17(22)14-21(27(3,24)25)13-16-8-6-5-7-15(16)2/h5-8H,4,9-14H2,1-3H3. The van der Waals surface area contributed by atoms with Gasteiger partial charge in [0.05, 0.1) is 19.4 Å². The molecule has 1 saturated heterocycles. The molecule has 27 heavy (non-hydrogen) atoms. The molecule has 8 nitrogen and oxygen atoms in total. The highest BCUT2D eigenvalue weighted by Crippen LogP contribution is 2.14. The maximum absolute atomic E-state index is 12.6. The van der Waals surface area contributed by atoms with E-state index in [2.05, 4.69) is 0 Å². The average molecular weight is 397 g/mol. The zero-order chi connectivity index (χ0) is 20.0. The first kappa shape index (κ1) is 21.2. The number of carbonyl (C=O) groups is 2. The lowest BCUT2D eigenvalue weighted by Gasteiger charge is -2.35. The van der Waals surface area contributed by atoms with Gasteiger partial charge in [-0.25, -0.2) is 13.2 Å². The van der Waals surface area contributed by atoms with Crippen molar-refractivity contribution in [1.29, 1.82) is 0 Å². The molecule has 1 aliphatic heterocycles. The molecule has 1 heterocycles. The van der Waals surface area contributed by atoms with E-state index in [4.69, 9.17) is 4.74 Å². The summed E-state index contributed by atoms with van der Waals surface area (Å²) < 4.78 is 30.5. The van der Waals surface area contributed by atoms with Gasteiger partial charge in [0.15, 0.2) is 0 Å². The first-order valence-corrected chi connectivity index (χ1v) is 10.8. The highest BCUT2D eigenvalue weighted by Gasteiger charge is 2.28. The molecule has 0 bridgehead atoms. The number of ether oxygens (including phenoxy) is 1. The summed E-state index contributed by atoms with van der Waals surface area (Å²) in [4.78, 5) is 27.5. The summed E-state index contributed by atoms with van der Waals surface area (Å²) in [6, 6.07) is 7.50. The number of nitrogens with zero attached hydrogens (tertiary/aromatic N) is 3. The number of hydrogen-bond acceptors (Lipinski definition) is 5. The maximum atomic E-state index is 12.6. The fourth-order valence-electron chi connectivity index (χ4n) is 2.87. The van der Waals surface area contributed by atoms with E-state index in [1.165, 1.54) is 4.31 Å². The summed E-state index contributed by atoms with van der Waals surface area (Å²) in [6.07, 6.45) is 0.721. The predicted octanol–water partition coefficient (Wildman–Crippen LogP) is 1.06. The van der Waals surface area contributed by atoms with E-state index < -0.39 is 10.0 Å². The topological polar surface area (TPSA) is 87.2 Å². The average Bonchev–Trinajstić information content (AvgIpc) is 2.62. The molecular weight excluding hydrogens is 370 g/mol. The molecule has 150 valence electrons. The minimum absolute atomic E-state index is 0.153. The van der Waals surface area contributed by atoms with Crippen LogP contribution in [0.25, 0.3) is 0 Å². The molecule has 0 aliphatic carbocycles. The van der Waals surface area contributed by atoms with Crippen LogP contribution in [0.15, 0.2) is 24.3 Å². The van der Waals surface area contributed by atoms with Gasteiger partial charge in [0, 0.05) is 32.7 Å². The molecule has 0 N–H and O–H groups in total. The van der Waals surface area contributed by atoms with Crippen LogP contribution < -0.4 is 0 Å². The number of rotatable bonds is 6. The smallest absolute Gasteiger partial charge is 0.409 e. The van der Waals surface area contributed by atoms with Crippen molar-refractivity contribution in [2.75, 3.05) is 45.6 Å². The van der Waals surface area contributed by atoms with Crippen LogP contribution in [-0.2, 0) is 26.1 Å². The maximum Gasteiger partial charge on any atom is 0.409 e. The van der Waals surface area contributed by atoms with Crippen molar-refractivity contribution in [2.24, 2.45) is 0 Å². The molecular formula is C18H27N3O5S. The molecule has 2 amide bonds. The molecule has 1 aromatic carbocycles. The lowest BCUT2D eigenvalue weighted by Crippen LogP contribution is -2.53. The van der Waals surface area contributed by atoms with Gasteiger partial charge in [-0.3, -0.25) is 4.79 Å². The Morgan fingerprint density at radius 1 is 1.11 bits per heavy atom. The van der Waals surface area contributed by atoms with Gasteiger partial charge in [-0.1, -0.05) is 24.3 Å². The fourth-order valence-corrected chi connectivity index (χ4v) is 3.59. The summed E-state index contributed by atoms with van der Waals surface area (Å²) in [5.74, 6) is -0.266. The monoisotopic (exact) mass is 397 g/mol. The Morgan fingerprint density at radius 2 is 1.70 bits per heavy atom. The number of sulfonamides is 1. The van der Waals surface area contributed by atoms with Crippen molar-refractivity contribution in [3.63, 3.8) is 0 Å². The highest BCUT2D eigenvalue weighted by molar-refractivity contribution is 7.88. The molecule has 0 atom stereocenters. The first-order chi connectivity index (χ1) is 12.7. The van der Waals surface area contributed by atoms with Crippen molar-refractivity contribution < 1.29 is 22.7 Å². The molecule has 1 fully saturated rings. The van der Waals surface area contributed by atoms with Gasteiger partial charge >= 0.3 is 6.09 Å². The highest BCUT2D eigenvalue weighted by atomic mass is 32.2. The van der Waals surface area contributed by atoms with Gasteiger partial charge < -0.3 is 14.5 Å². The number of benzene rings is 1. The number of piperazine rings is 1. The molecule has 0 spiro atoms. The zero-order valence-electron chi connectivity index (χ0n) is 16.1. The van der Waals surface area contributed by atoms with Gasteiger partial charge in [0.25, 0.3) is 0 Å². The minimum Gasteiger partial charge on any atom is -0.450 e. The van der Waals surface area contributed by atoms with Crippen LogP contribution in [0.5, 0.6) is 0 Å². The predicted molar refractivity (Wildman–Crippen MR) is 102 cm³/mol. The van der Waals surface area contributed by atoms with Crippen LogP contribution >= 0.6 is 0 Å². The molecule has 0 radical (unpaired) electrons. The largest absolute Gasteiger partial charge is 0.450 e. The Balaban J connectivity index is 1.99. The Kier molecular flexibility index (Phi) is 7.20. The second kappa shape index (κ2) is 9.18. The number of amides is 2. The van der Waals surface area contributed by atoms with E-state index in [0.717, 1.165) is 17.4 Å². The van der Waals surface area contributed by atoms with Crippen LogP contribution in [0.3, 0.4) is 0 Å². The first-order valence-electron chi connectivity index (χ1n) is 8.91. The van der Waals surface area contributed by atoms with Gasteiger partial charge in [-0.2, -0.15) is 4.31 Å². The lowest BCUT2D eigenvalue weighted by molar-refractivity contribution is -0.133. The third-order valence-corrected chi connectivity index (χ3v) is 5.74. The molecule has 9 heteroatoms. The SMILES string of the molecule is CCOC(=O)N1CCN(C(=O)CN(Cc2ccccc2C)S(C)(=O)=O)CC1. The zero-order valence-corrected chi connectivity index (χ0v) is 16.9. The molecule has 2 rings (SSSR count).